The number of fused-ring (bicyclic) bond motifs is 1. The summed E-state index contributed by atoms with van der Waals surface area (Å²) >= 11 is 0. The molecule has 6 heteroatoms. The molecule has 0 saturated heterocycles. The second-order valence-electron chi connectivity index (χ2n) is 6.59. The fourth-order valence-electron chi connectivity index (χ4n) is 3.46. The first-order valence-corrected chi connectivity index (χ1v) is 9.44. The minimum Gasteiger partial charge on any atom is -0.496 e. The third-order valence-corrected chi connectivity index (χ3v) is 4.81. The van der Waals surface area contributed by atoms with Gasteiger partial charge in [0.05, 0.1) is 13.7 Å². The molecule has 1 aliphatic rings. The van der Waals surface area contributed by atoms with Gasteiger partial charge in [0.15, 0.2) is 0 Å². The number of carbonyl (C=O) groups is 1. The van der Waals surface area contributed by atoms with Gasteiger partial charge >= 0.3 is 0 Å². The van der Waals surface area contributed by atoms with Crippen molar-refractivity contribution in [1.82, 2.24) is 9.88 Å². The van der Waals surface area contributed by atoms with Crippen LogP contribution in [0.25, 0.3) is 0 Å². The molecule has 2 heterocycles. The SMILES string of the molecule is CCOc1ccc(CNC(=O)c2c(OC)cc(=O)n3c2CCCCC3)cc1. The van der Waals surface area contributed by atoms with Crippen molar-refractivity contribution in [2.45, 2.75) is 45.7 Å². The van der Waals surface area contributed by atoms with Crippen LogP contribution >= 0.6 is 0 Å². The first-order chi connectivity index (χ1) is 13.1. The molecule has 0 saturated carbocycles. The summed E-state index contributed by atoms with van der Waals surface area (Å²) in [5.74, 6) is 0.936. The summed E-state index contributed by atoms with van der Waals surface area (Å²) < 4.78 is 12.5. The molecule has 0 aliphatic carbocycles. The number of aromatic nitrogens is 1. The Labute approximate surface area is 159 Å². The molecule has 0 spiro atoms. The van der Waals surface area contributed by atoms with Crippen molar-refractivity contribution in [2.75, 3.05) is 13.7 Å². The first kappa shape index (κ1) is 19.0. The molecule has 3 rings (SSSR count). The number of hydrogen-bond donors (Lipinski definition) is 1. The van der Waals surface area contributed by atoms with E-state index in [1.807, 2.05) is 31.2 Å². The van der Waals surface area contributed by atoms with Crippen LogP contribution in [-0.2, 0) is 19.5 Å². The van der Waals surface area contributed by atoms with Crippen LogP contribution in [0, 0.1) is 0 Å². The molecule has 1 N–H and O–H groups in total. The number of nitrogens with zero attached hydrogens (tertiary/aromatic N) is 1. The highest BCUT2D eigenvalue weighted by atomic mass is 16.5. The lowest BCUT2D eigenvalue weighted by Crippen LogP contribution is -2.30. The second-order valence-corrected chi connectivity index (χ2v) is 6.59. The van der Waals surface area contributed by atoms with Crippen LogP contribution in [-0.4, -0.2) is 24.2 Å². The molecule has 1 aliphatic heterocycles. The van der Waals surface area contributed by atoms with Crippen LogP contribution in [0.2, 0.25) is 0 Å². The smallest absolute Gasteiger partial charge is 0.257 e. The minimum absolute atomic E-state index is 0.105. The largest absolute Gasteiger partial charge is 0.496 e. The zero-order valence-electron chi connectivity index (χ0n) is 15.9. The molecule has 1 aromatic carbocycles. The van der Waals surface area contributed by atoms with Gasteiger partial charge < -0.3 is 19.4 Å². The molecule has 1 aromatic heterocycles. The quantitative estimate of drug-likeness (QED) is 0.849. The lowest BCUT2D eigenvalue weighted by atomic mass is 10.1. The van der Waals surface area contributed by atoms with E-state index in [9.17, 15) is 9.59 Å². The van der Waals surface area contributed by atoms with E-state index >= 15 is 0 Å². The number of hydrogen-bond acceptors (Lipinski definition) is 4. The molecule has 0 bridgehead atoms. The average molecular weight is 370 g/mol. The highest BCUT2D eigenvalue weighted by Gasteiger charge is 2.23. The molecule has 0 radical (unpaired) electrons. The monoisotopic (exact) mass is 370 g/mol. The normalized spacial score (nSPS) is 13.4. The third-order valence-electron chi connectivity index (χ3n) is 4.81. The molecule has 27 heavy (non-hydrogen) atoms. The Bertz CT molecular complexity index is 856. The first-order valence-electron chi connectivity index (χ1n) is 9.44. The predicted molar refractivity (Wildman–Crippen MR) is 104 cm³/mol. The number of benzene rings is 1. The van der Waals surface area contributed by atoms with Crippen molar-refractivity contribution in [3.05, 3.63) is 57.5 Å². The summed E-state index contributed by atoms with van der Waals surface area (Å²) in [4.78, 5) is 25.3. The molecular formula is C21H26N2O4. The zero-order chi connectivity index (χ0) is 19.2. The second kappa shape index (κ2) is 8.75. The van der Waals surface area contributed by atoms with Crippen LogP contribution in [0.3, 0.4) is 0 Å². The number of nitrogens with one attached hydrogen (secondary N) is 1. The van der Waals surface area contributed by atoms with E-state index in [4.69, 9.17) is 9.47 Å². The predicted octanol–water partition coefficient (Wildman–Crippen LogP) is 2.91. The Morgan fingerprint density at radius 1 is 1.19 bits per heavy atom. The van der Waals surface area contributed by atoms with Gasteiger partial charge in [0.1, 0.15) is 17.1 Å². The number of rotatable bonds is 6. The van der Waals surface area contributed by atoms with E-state index in [2.05, 4.69) is 5.32 Å². The Hall–Kier alpha value is -2.76. The topological polar surface area (TPSA) is 69.6 Å². The number of pyridine rings is 1. The Balaban J connectivity index is 1.82. The summed E-state index contributed by atoms with van der Waals surface area (Å²) in [7, 11) is 1.49. The van der Waals surface area contributed by atoms with Crippen molar-refractivity contribution in [2.24, 2.45) is 0 Å². The van der Waals surface area contributed by atoms with E-state index in [-0.39, 0.29) is 11.5 Å². The van der Waals surface area contributed by atoms with Gasteiger partial charge in [-0.3, -0.25) is 9.59 Å². The highest BCUT2D eigenvalue weighted by molar-refractivity contribution is 5.98. The third kappa shape index (κ3) is 4.32. The standard InChI is InChI=1S/C21H26N2O4/c1-3-27-16-10-8-15(9-11-16)14-22-21(25)20-17-7-5-4-6-12-23(17)19(24)13-18(20)26-2/h8-11,13H,3-7,12,14H2,1-2H3,(H,22,25). The van der Waals surface area contributed by atoms with Gasteiger partial charge in [0.25, 0.3) is 11.5 Å². The van der Waals surface area contributed by atoms with Crippen LogP contribution < -0.4 is 20.3 Å². The van der Waals surface area contributed by atoms with Crippen molar-refractivity contribution >= 4 is 5.91 Å². The van der Waals surface area contributed by atoms with Gasteiger partial charge in [-0.25, -0.2) is 0 Å². The van der Waals surface area contributed by atoms with E-state index in [1.165, 1.54) is 13.2 Å². The number of ether oxygens (including phenoxy) is 2. The molecule has 6 nitrogen and oxygen atoms in total. The number of amides is 1. The van der Waals surface area contributed by atoms with Gasteiger partial charge in [-0.2, -0.15) is 0 Å². The van der Waals surface area contributed by atoms with Crippen LogP contribution in [0.15, 0.2) is 35.1 Å². The van der Waals surface area contributed by atoms with Gasteiger partial charge in [-0.15, -0.1) is 0 Å². The summed E-state index contributed by atoms with van der Waals surface area (Å²) in [6.07, 6.45) is 3.67. The minimum atomic E-state index is -0.216. The van der Waals surface area contributed by atoms with Crippen molar-refractivity contribution in [3.8, 4) is 11.5 Å². The van der Waals surface area contributed by atoms with E-state index in [1.54, 1.807) is 4.57 Å². The van der Waals surface area contributed by atoms with Crippen LogP contribution in [0.4, 0.5) is 0 Å². The van der Waals surface area contributed by atoms with Crippen LogP contribution in [0.1, 0.15) is 47.8 Å². The summed E-state index contributed by atoms with van der Waals surface area (Å²) in [6, 6.07) is 9.05. The van der Waals surface area contributed by atoms with E-state index in [0.717, 1.165) is 36.3 Å². The molecule has 0 fully saturated rings. The number of methoxy groups -OCH3 is 1. The van der Waals surface area contributed by atoms with Gasteiger partial charge in [0.2, 0.25) is 0 Å². The summed E-state index contributed by atoms with van der Waals surface area (Å²) in [6.45, 7) is 3.61. The maximum Gasteiger partial charge on any atom is 0.257 e. The molecule has 1 amide bonds. The Morgan fingerprint density at radius 2 is 1.96 bits per heavy atom. The highest BCUT2D eigenvalue weighted by Crippen LogP contribution is 2.24. The average Bonchev–Trinajstić information content (AvgIpc) is 2.93. The van der Waals surface area contributed by atoms with E-state index in [0.29, 0.717) is 37.4 Å². The zero-order valence-corrected chi connectivity index (χ0v) is 15.9. The fourth-order valence-corrected chi connectivity index (χ4v) is 3.46. The molecule has 0 unspecified atom stereocenters. The summed E-state index contributed by atoms with van der Waals surface area (Å²) in [5.41, 5.74) is 2.13. The maximum atomic E-state index is 12.9. The summed E-state index contributed by atoms with van der Waals surface area (Å²) in [5, 5.41) is 2.96. The molecule has 2 aromatic rings. The molecular weight excluding hydrogens is 344 g/mol. The van der Waals surface area contributed by atoms with Gasteiger partial charge in [-0.05, 0) is 43.9 Å². The number of carbonyl (C=O) groups excluding carboxylic acids is 1. The van der Waals surface area contributed by atoms with Crippen molar-refractivity contribution in [3.63, 3.8) is 0 Å². The lowest BCUT2D eigenvalue weighted by Gasteiger charge is -2.17. The van der Waals surface area contributed by atoms with Gasteiger partial charge in [0, 0.05) is 24.8 Å². The lowest BCUT2D eigenvalue weighted by molar-refractivity contribution is 0.0945. The van der Waals surface area contributed by atoms with Gasteiger partial charge in [-0.1, -0.05) is 18.6 Å². The maximum absolute atomic E-state index is 12.9. The van der Waals surface area contributed by atoms with Crippen LogP contribution in [0.5, 0.6) is 11.5 Å². The molecule has 144 valence electrons. The molecule has 0 atom stereocenters. The van der Waals surface area contributed by atoms with E-state index < -0.39 is 0 Å². The Kier molecular flexibility index (Phi) is 6.16. The van der Waals surface area contributed by atoms with Crippen molar-refractivity contribution in [1.29, 1.82) is 0 Å². The van der Waals surface area contributed by atoms with Crippen molar-refractivity contribution < 1.29 is 14.3 Å². The Morgan fingerprint density at radius 3 is 2.67 bits per heavy atom. The fraction of sp³-hybridized carbons (Fsp3) is 0.429.